The third kappa shape index (κ3) is 3.19. The number of rotatable bonds is 4. The molecular formula is C19H21BClO3. The molecule has 1 atom stereocenters. The summed E-state index contributed by atoms with van der Waals surface area (Å²) in [6.45, 7) is 7.19. The molecule has 2 aromatic rings. The Morgan fingerprint density at radius 1 is 1.25 bits per heavy atom. The molecule has 0 amide bonds. The zero-order chi connectivity index (χ0) is 17.5. The van der Waals surface area contributed by atoms with Gasteiger partial charge < -0.3 is 14.2 Å². The molecule has 1 heterocycles. The molecule has 0 saturated carbocycles. The predicted octanol–water partition coefficient (Wildman–Crippen LogP) is 1.98. The summed E-state index contributed by atoms with van der Waals surface area (Å²) in [7, 11) is 1.69. The summed E-state index contributed by atoms with van der Waals surface area (Å²) in [6, 6.07) is 5.82. The van der Waals surface area contributed by atoms with Crippen LogP contribution in [0.3, 0.4) is 0 Å². The van der Waals surface area contributed by atoms with E-state index in [-0.39, 0.29) is 5.38 Å². The van der Waals surface area contributed by atoms with Gasteiger partial charge in [0.25, 0.3) is 0 Å². The molecule has 1 N–H and O–H groups in total. The average Bonchev–Trinajstić information content (AvgIpc) is 2.72. The van der Waals surface area contributed by atoms with Crippen LogP contribution in [0.5, 0.6) is 0 Å². The lowest BCUT2D eigenvalue weighted by atomic mass is 9.81. The molecule has 125 valence electrons. The van der Waals surface area contributed by atoms with Gasteiger partial charge in [0.2, 0.25) is 0 Å². The van der Waals surface area contributed by atoms with Crippen LogP contribution in [-0.2, 0) is 4.65 Å². The molecule has 0 fully saturated rings. The van der Waals surface area contributed by atoms with Crippen molar-refractivity contribution in [3.05, 3.63) is 41.0 Å². The van der Waals surface area contributed by atoms with Crippen LogP contribution in [0.4, 0.5) is 0 Å². The molecule has 1 aliphatic rings. The first-order chi connectivity index (χ1) is 11.2. The van der Waals surface area contributed by atoms with Crippen LogP contribution in [-0.4, -0.2) is 29.2 Å². The van der Waals surface area contributed by atoms with Crippen molar-refractivity contribution >= 4 is 47.7 Å². The van der Waals surface area contributed by atoms with Crippen molar-refractivity contribution in [3.8, 4) is 0 Å². The molecule has 0 bridgehead atoms. The fraction of sp³-hybridized carbons (Fsp3) is 0.368. The Kier molecular flexibility index (Phi) is 4.41. The Labute approximate surface area is 147 Å². The van der Waals surface area contributed by atoms with Crippen LogP contribution in [0.1, 0.15) is 27.7 Å². The van der Waals surface area contributed by atoms with Gasteiger partial charge >= 0.3 is 7.48 Å². The first-order valence-corrected chi connectivity index (χ1v) is 8.42. The summed E-state index contributed by atoms with van der Waals surface area (Å²) < 4.78 is 11.9. The lowest BCUT2D eigenvalue weighted by Gasteiger charge is -2.37. The summed E-state index contributed by atoms with van der Waals surface area (Å²) in [5, 5.41) is 12.0. The van der Waals surface area contributed by atoms with Crippen molar-refractivity contribution in [3.63, 3.8) is 0 Å². The molecule has 1 radical (unpaired) electrons. The summed E-state index contributed by atoms with van der Waals surface area (Å²) in [5.41, 5.74) is 0.750. The number of hydrogen-bond acceptors (Lipinski definition) is 3. The van der Waals surface area contributed by atoms with E-state index in [4.69, 9.17) is 20.7 Å². The second-order valence-electron chi connectivity index (χ2n) is 7.07. The zero-order valence-electron chi connectivity index (χ0n) is 14.3. The lowest BCUT2D eigenvalue weighted by molar-refractivity contribution is -0.0893. The van der Waals surface area contributed by atoms with Gasteiger partial charge in [-0.15, -0.1) is 11.6 Å². The van der Waals surface area contributed by atoms with E-state index in [0.29, 0.717) is 0 Å². The molecule has 0 saturated heterocycles. The minimum atomic E-state index is -0.976. The Morgan fingerprint density at radius 3 is 2.71 bits per heavy atom. The molecule has 1 aromatic carbocycles. The average molecular weight is 344 g/mol. The molecular weight excluding hydrogens is 322 g/mol. The van der Waals surface area contributed by atoms with Gasteiger partial charge in [0.1, 0.15) is 11.0 Å². The second kappa shape index (κ2) is 6.10. The number of benzene rings is 1. The predicted molar refractivity (Wildman–Crippen MR) is 100 cm³/mol. The summed E-state index contributed by atoms with van der Waals surface area (Å²) >= 11 is 6.29. The van der Waals surface area contributed by atoms with Gasteiger partial charge in [-0.05, 0) is 45.3 Å². The van der Waals surface area contributed by atoms with E-state index in [9.17, 15) is 5.11 Å². The number of allylic oxidation sites excluding steroid dienone is 2. The fourth-order valence-electron chi connectivity index (χ4n) is 2.42. The molecule has 1 aliphatic carbocycles. The molecule has 5 heteroatoms. The smallest absolute Gasteiger partial charge is 0.331 e. The normalized spacial score (nSPS) is 17.8. The number of fused-ring (bicyclic) bond motifs is 3. The maximum Gasteiger partial charge on any atom is 0.331 e. The van der Waals surface area contributed by atoms with Gasteiger partial charge in [-0.3, -0.25) is 0 Å². The summed E-state index contributed by atoms with van der Waals surface area (Å²) in [5.74, 6) is 0. The van der Waals surface area contributed by atoms with Crippen LogP contribution >= 0.6 is 11.6 Å². The van der Waals surface area contributed by atoms with Gasteiger partial charge in [0.15, 0.2) is 0 Å². The Bertz CT molecular complexity index is 903. The molecule has 1 unspecified atom stereocenters. The van der Waals surface area contributed by atoms with Crippen molar-refractivity contribution < 1.29 is 14.2 Å². The Morgan fingerprint density at radius 2 is 2.00 bits per heavy atom. The standard InChI is InChI=1S/C19H21BClO3/c1-18(2,22)19(3,4)24-20-14-8-6-10-16-17(14)13-11-12(21)7-5-9-15(13)23-16/h5-12,22H,1-4H3. The molecule has 0 spiro atoms. The highest BCUT2D eigenvalue weighted by molar-refractivity contribution is 6.51. The van der Waals surface area contributed by atoms with Crippen LogP contribution < -0.4 is 16.1 Å². The van der Waals surface area contributed by atoms with Crippen molar-refractivity contribution in [1.29, 1.82) is 0 Å². The van der Waals surface area contributed by atoms with Gasteiger partial charge in [-0.1, -0.05) is 30.4 Å². The third-order valence-electron chi connectivity index (χ3n) is 4.64. The van der Waals surface area contributed by atoms with Crippen molar-refractivity contribution in [2.45, 2.75) is 44.3 Å². The quantitative estimate of drug-likeness (QED) is 0.682. The monoisotopic (exact) mass is 343 g/mol. The summed E-state index contributed by atoms with van der Waals surface area (Å²) in [6.07, 6.45) is 7.70. The maximum absolute atomic E-state index is 10.3. The van der Waals surface area contributed by atoms with E-state index < -0.39 is 11.2 Å². The van der Waals surface area contributed by atoms with Crippen LogP contribution in [0, 0.1) is 0 Å². The number of aliphatic hydroxyl groups is 1. The SMILES string of the molecule is CC(C)(O)C(C)(C)O[B]c1cccc2oc3c(c12)=CC(Cl)C=CC=3. The minimum absolute atomic E-state index is 0.190. The number of furan rings is 1. The van der Waals surface area contributed by atoms with Crippen molar-refractivity contribution in [2.75, 3.05) is 0 Å². The van der Waals surface area contributed by atoms with E-state index in [1.807, 2.05) is 56.4 Å². The van der Waals surface area contributed by atoms with Gasteiger partial charge in [-0.25, -0.2) is 0 Å². The van der Waals surface area contributed by atoms with Crippen LogP contribution in [0.15, 0.2) is 34.8 Å². The van der Waals surface area contributed by atoms with E-state index in [1.54, 1.807) is 21.3 Å². The van der Waals surface area contributed by atoms with Gasteiger partial charge in [0.05, 0.1) is 16.6 Å². The van der Waals surface area contributed by atoms with Gasteiger partial charge in [-0.2, -0.15) is 0 Å². The highest BCUT2D eigenvalue weighted by Crippen LogP contribution is 2.24. The Hall–Kier alpha value is -1.49. The lowest BCUT2D eigenvalue weighted by Crippen LogP contribution is -2.49. The maximum atomic E-state index is 10.3. The summed E-state index contributed by atoms with van der Waals surface area (Å²) in [4.78, 5) is 0. The topological polar surface area (TPSA) is 42.6 Å². The molecule has 3 nitrogen and oxygen atoms in total. The number of halogens is 1. The van der Waals surface area contributed by atoms with E-state index >= 15 is 0 Å². The zero-order valence-corrected chi connectivity index (χ0v) is 15.1. The van der Waals surface area contributed by atoms with E-state index in [2.05, 4.69) is 0 Å². The van der Waals surface area contributed by atoms with E-state index in [1.165, 1.54) is 0 Å². The number of alkyl halides is 1. The third-order valence-corrected chi connectivity index (χ3v) is 4.91. The first-order valence-electron chi connectivity index (χ1n) is 7.98. The number of hydrogen-bond donors (Lipinski definition) is 1. The van der Waals surface area contributed by atoms with Crippen LogP contribution in [0.25, 0.3) is 23.1 Å². The highest BCUT2D eigenvalue weighted by Gasteiger charge is 2.35. The van der Waals surface area contributed by atoms with Crippen LogP contribution in [0.2, 0.25) is 0 Å². The largest absolute Gasteiger partial charge is 0.456 e. The van der Waals surface area contributed by atoms with Crippen molar-refractivity contribution in [1.82, 2.24) is 0 Å². The Balaban J connectivity index is 2.07. The molecule has 0 aliphatic heterocycles. The fourth-order valence-corrected chi connectivity index (χ4v) is 2.63. The molecule has 3 rings (SSSR count). The molecule has 1 aromatic heterocycles. The van der Waals surface area contributed by atoms with Crippen molar-refractivity contribution in [2.24, 2.45) is 0 Å². The highest BCUT2D eigenvalue weighted by atomic mass is 35.5. The van der Waals surface area contributed by atoms with Gasteiger partial charge in [0, 0.05) is 10.6 Å². The van der Waals surface area contributed by atoms with E-state index in [0.717, 1.165) is 27.1 Å². The molecule has 24 heavy (non-hydrogen) atoms. The second-order valence-corrected chi connectivity index (χ2v) is 7.57. The first kappa shape index (κ1) is 17.3. The minimum Gasteiger partial charge on any atom is -0.456 e.